The molecule has 0 amide bonds. The van der Waals surface area contributed by atoms with Crippen LogP contribution in [0.2, 0.25) is 0 Å². The van der Waals surface area contributed by atoms with Crippen molar-refractivity contribution in [2.75, 3.05) is 13.7 Å². The minimum Gasteiger partial charge on any atom is -0.465 e. The number of methoxy groups -OCH3 is 1. The smallest absolute Gasteiger partial charge is 0.328 e. The normalized spacial score (nSPS) is 18.6. The van der Waals surface area contributed by atoms with Crippen molar-refractivity contribution < 1.29 is 14.3 Å². The molecule has 0 rings (SSSR count). The van der Waals surface area contributed by atoms with Crippen LogP contribution in [0.5, 0.6) is 0 Å². The van der Waals surface area contributed by atoms with E-state index in [0.717, 1.165) is 6.42 Å². The molecule has 0 saturated carbocycles. The highest BCUT2D eigenvalue weighted by atomic mass is 16.5. The molecule has 0 spiro atoms. The van der Waals surface area contributed by atoms with Crippen LogP contribution in [-0.2, 0) is 14.3 Å². The van der Waals surface area contributed by atoms with Gasteiger partial charge in [0.1, 0.15) is 5.54 Å². The van der Waals surface area contributed by atoms with E-state index in [9.17, 15) is 4.79 Å². The molecule has 0 aromatic rings. The van der Waals surface area contributed by atoms with Crippen LogP contribution in [0.25, 0.3) is 0 Å². The van der Waals surface area contributed by atoms with Crippen molar-refractivity contribution in [3.63, 3.8) is 0 Å². The van der Waals surface area contributed by atoms with Gasteiger partial charge in [-0.25, -0.2) is 4.79 Å². The Hall–Kier alpha value is -0.610. The molecule has 0 aliphatic carbocycles. The van der Waals surface area contributed by atoms with E-state index < -0.39 is 5.54 Å². The van der Waals surface area contributed by atoms with Crippen LogP contribution < -0.4 is 5.32 Å². The zero-order valence-electron chi connectivity index (χ0n) is 11.3. The van der Waals surface area contributed by atoms with Crippen LogP contribution in [0.3, 0.4) is 0 Å². The van der Waals surface area contributed by atoms with Gasteiger partial charge in [0.15, 0.2) is 0 Å². The Labute approximate surface area is 98.7 Å². The van der Waals surface area contributed by atoms with Crippen LogP contribution in [0.15, 0.2) is 0 Å². The van der Waals surface area contributed by atoms with Gasteiger partial charge in [0.25, 0.3) is 0 Å². The lowest BCUT2D eigenvalue weighted by atomic mass is 9.94. The molecule has 3 atom stereocenters. The van der Waals surface area contributed by atoms with Crippen molar-refractivity contribution in [2.45, 2.75) is 58.7 Å². The molecule has 0 heterocycles. The molecule has 3 unspecified atom stereocenters. The molecule has 4 nitrogen and oxygen atoms in total. The lowest BCUT2D eigenvalue weighted by Crippen LogP contribution is -2.60. The second kappa shape index (κ2) is 6.86. The van der Waals surface area contributed by atoms with Gasteiger partial charge < -0.3 is 9.47 Å². The maximum Gasteiger partial charge on any atom is 0.328 e. The third-order valence-corrected chi connectivity index (χ3v) is 3.02. The summed E-state index contributed by atoms with van der Waals surface area (Å²) in [4.78, 5) is 12.0. The minimum atomic E-state index is -0.791. The van der Waals surface area contributed by atoms with Gasteiger partial charge in [-0.05, 0) is 34.1 Å². The molecule has 0 bridgehead atoms. The number of esters is 1. The van der Waals surface area contributed by atoms with E-state index in [0.29, 0.717) is 6.61 Å². The Balaban J connectivity index is 4.80. The van der Waals surface area contributed by atoms with Gasteiger partial charge in [-0.1, -0.05) is 6.92 Å². The van der Waals surface area contributed by atoms with E-state index in [-0.39, 0.29) is 18.1 Å². The summed E-state index contributed by atoms with van der Waals surface area (Å²) in [6.45, 7) is 9.99. The first-order valence-electron chi connectivity index (χ1n) is 5.90. The number of nitrogens with one attached hydrogen (secondary N) is 1. The van der Waals surface area contributed by atoms with E-state index in [2.05, 4.69) is 12.2 Å². The van der Waals surface area contributed by atoms with Crippen LogP contribution in [0.1, 0.15) is 41.0 Å². The van der Waals surface area contributed by atoms with Gasteiger partial charge in [0, 0.05) is 13.2 Å². The van der Waals surface area contributed by atoms with E-state index in [1.165, 1.54) is 0 Å². The van der Waals surface area contributed by atoms with Gasteiger partial charge in [0.05, 0.1) is 12.7 Å². The molecule has 0 saturated heterocycles. The van der Waals surface area contributed by atoms with Crippen molar-refractivity contribution in [2.24, 2.45) is 0 Å². The van der Waals surface area contributed by atoms with Crippen molar-refractivity contribution in [1.82, 2.24) is 5.32 Å². The summed E-state index contributed by atoms with van der Waals surface area (Å²) in [6, 6.07) is 0.243. The topological polar surface area (TPSA) is 47.6 Å². The predicted molar refractivity (Wildman–Crippen MR) is 64.4 cm³/mol. The fraction of sp³-hybridized carbons (Fsp3) is 0.917. The predicted octanol–water partition coefficient (Wildman–Crippen LogP) is 1.73. The molecular formula is C12H25NO3. The van der Waals surface area contributed by atoms with Crippen molar-refractivity contribution >= 4 is 5.97 Å². The third kappa shape index (κ3) is 3.76. The maximum absolute atomic E-state index is 12.0. The summed E-state index contributed by atoms with van der Waals surface area (Å²) < 4.78 is 10.4. The SMILES string of the molecule is CCOC(=O)C(C)(NC(C)CC)C(C)OC. The lowest BCUT2D eigenvalue weighted by Gasteiger charge is -2.35. The number of rotatable bonds is 7. The second-order valence-electron chi connectivity index (χ2n) is 4.25. The van der Waals surface area contributed by atoms with Gasteiger partial charge >= 0.3 is 5.97 Å². The van der Waals surface area contributed by atoms with Crippen molar-refractivity contribution in [3.8, 4) is 0 Å². The van der Waals surface area contributed by atoms with E-state index in [4.69, 9.17) is 9.47 Å². The molecule has 96 valence electrons. The summed E-state index contributed by atoms with van der Waals surface area (Å²) in [5, 5.41) is 3.28. The molecule has 0 aliphatic heterocycles. The molecular weight excluding hydrogens is 206 g/mol. The molecule has 0 fully saturated rings. The lowest BCUT2D eigenvalue weighted by molar-refractivity contribution is -0.156. The third-order valence-electron chi connectivity index (χ3n) is 3.02. The van der Waals surface area contributed by atoms with Crippen molar-refractivity contribution in [3.05, 3.63) is 0 Å². The van der Waals surface area contributed by atoms with Crippen LogP contribution in [0.4, 0.5) is 0 Å². The molecule has 0 aliphatic rings. The maximum atomic E-state index is 12.0. The first-order valence-corrected chi connectivity index (χ1v) is 5.90. The molecule has 1 N–H and O–H groups in total. The fourth-order valence-electron chi connectivity index (χ4n) is 1.47. The standard InChI is InChI=1S/C12H25NO3/c1-7-9(3)13-12(5,10(4)15-6)11(14)16-8-2/h9-10,13H,7-8H2,1-6H3. The Kier molecular flexibility index (Phi) is 6.60. The van der Waals surface area contributed by atoms with E-state index in [1.54, 1.807) is 14.0 Å². The van der Waals surface area contributed by atoms with Gasteiger partial charge in [0.2, 0.25) is 0 Å². The first-order chi connectivity index (χ1) is 7.42. The number of ether oxygens (including phenoxy) is 2. The Morgan fingerprint density at radius 1 is 1.38 bits per heavy atom. The van der Waals surface area contributed by atoms with Gasteiger partial charge in [-0.3, -0.25) is 5.32 Å². The van der Waals surface area contributed by atoms with Gasteiger partial charge in [-0.2, -0.15) is 0 Å². The Bertz CT molecular complexity index is 220. The van der Waals surface area contributed by atoms with Gasteiger partial charge in [-0.15, -0.1) is 0 Å². The summed E-state index contributed by atoms with van der Waals surface area (Å²) >= 11 is 0. The van der Waals surface area contributed by atoms with Crippen molar-refractivity contribution in [1.29, 1.82) is 0 Å². The summed E-state index contributed by atoms with van der Waals surface area (Å²) in [5.74, 6) is -0.260. The summed E-state index contributed by atoms with van der Waals surface area (Å²) in [6.07, 6.45) is 0.714. The second-order valence-corrected chi connectivity index (χ2v) is 4.25. The van der Waals surface area contributed by atoms with E-state index in [1.807, 2.05) is 20.8 Å². The van der Waals surface area contributed by atoms with Crippen LogP contribution >= 0.6 is 0 Å². The number of carbonyl (C=O) groups excluding carboxylic acids is 1. The number of hydrogen-bond donors (Lipinski definition) is 1. The highest BCUT2D eigenvalue weighted by Crippen LogP contribution is 2.17. The summed E-state index contributed by atoms with van der Waals surface area (Å²) in [5.41, 5.74) is -0.791. The monoisotopic (exact) mass is 231 g/mol. The Morgan fingerprint density at radius 2 is 1.94 bits per heavy atom. The molecule has 0 aromatic heterocycles. The average Bonchev–Trinajstić information content (AvgIpc) is 2.27. The summed E-state index contributed by atoms with van der Waals surface area (Å²) in [7, 11) is 1.60. The zero-order chi connectivity index (χ0) is 12.8. The average molecular weight is 231 g/mol. The number of carbonyl (C=O) groups is 1. The quantitative estimate of drug-likeness (QED) is 0.678. The molecule has 0 radical (unpaired) electrons. The highest BCUT2D eigenvalue weighted by molar-refractivity contribution is 5.81. The van der Waals surface area contributed by atoms with Crippen LogP contribution in [0, 0.1) is 0 Å². The Morgan fingerprint density at radius 3 is 2.31 bits per heavy atom. The first kappa shape index (κ1) is 15.4. The fourth-order valence-corrected chi connectivity index (χ4v) is 1.47. The number of hydrogen-bond acceptors (Lipinski definition) is 4. The highest BCUT2D eigenvalue weighted by Gasteiger charge is 2.41. The van der Waals surface area contributed by atoms with Crippen LogP contribution in [-0.4, -0.2) is 37.4 Å². The molecule has 0 aromatic carbocycles. The largest absolute Gasteiger partial charge is 0.465 e. The zero-order valence-corrected chi connectivity index (χ0v) is 11.3. The molecule has 4 heteroatoms. The minimum absolute atomic E-state index is 0.236. The van der Waals surface area contributed by atoms with E-state index >= 15 is 0 Å². The molecule has 16 heavy (non-hydrogen) atoms.